The minimum absolute atomic E-state index is 0.0535. The maximum atomic E-state index is 13.6. The first-order valence-corrected chi connectivity index (χ1v) is 5.40. The van der Waals surface area contributed by atoms with Crippen LogP contribution in [-0.2, 0) is 0 Å². The van der Waals surface area contributed by atoms with Crippen LogP contribution in [0.4, 0.5) is 4.39 Å². The SMILES string of the molecule is O=C(O)c1ccc(Oc2cccc(Cl)c2)c(F)c1. The summed E-state index contributed by atoms with van der Waals surface area (Å²) in [5, 5.41) is 9.17. The lowest BCUT2D eigenvalue weighted by molar-refractivity contribution is 0.0696. The maximum absolute atomic E-state index is 13.6. The molecule has 0 aliphatic rings. The van der Waals surface area contributed by atoms with Crippen molar-refractivity contribution in [3.8, 4) is 11.5 Å². The highest BCUT2D eigenvalue weighted by atomic mass is 35.5. The molecule has 0 atom stereocenters. The van der Waals surface area contributed by atoms with Gasteiger partial charge in [-0.3, -0.25) is 0 Å². The summed E-state index contributed by atoms with van der Waals surface area (Å²) in [7, 11) is 0. The van der Waals surface area contributed by atoms with E-state index in [2.05, 4.69) is 0 Å². The van der Waals surface area contributed by atoms with Gasteiger partial charge in [-0.1, -0.05) is 17.7 Å². The van der Waals surface area contributed by atoms with E-state index in [1.54, 1.807) is 18.2 Å². The van der Waals surface area contributed by atoms with E-state index in [-0.39, 0.29) is 11.3 Å². The van der Waals surface area contributed by atoms with Crippen LogP contribution in [0.15, 0.2) is 42.5 Å². The van der Waals surface area contributed by atoms with Crippen LogP contribution in [-0.4, -0.2) is 11.1 Å². The third-order valence-electron chi connectivity index (χ3n) is 2.20. The molecule has 0 unspecified atom stereocenters. The van der Waals surface area contributed by atoms with Gasteiger partial charge < -0.3 is 9.84 Å². The number of aromatic carboxylic acids is 1. The lowest BCUT2D eigenvalue weighted by Crippen LogP contribution is -1.98. The Balaban J connectivity index is 2.27. The summed E-state index contributed by atoms with van der Waals surface area (Å²) < 4.78 is 18.8. The second-order valence-electron chi connectivity index (χ2n) is 3.51. The standard InChI is InChI=1S/C13H8ClFO3/c14-9-2-1-3-10(7-9)18-12-5-4-8(13(16)17)6-11(12)15/h1-7H,(H,16,17). The Kier molecular flexibility index (Phi) is 3.48. The Morgan fingerprint density at radius 3 is 2.61 bits per heavy atom. The smallest absolute Gasteiger partial charge is 0.335 e. The van der Waals surface area contributed by atoms with Crippen LogP contribution < -0.4 is 4.74 Å². The lowest BCUT2D eigenvalue weighted by atomic mass is 10.2. The van der Waals surface area contributed by atoms with E-state index >= 15 is 0 Å². The fourth-order valence-corrected chi connectivity index (χ4v) is 1.55. The molecule has 3 nitrogen and oxygen atoms in total. The number of carboxylic acid groups (broad SMARTS) is 1. The Morgan fingerprint density at radius 2 is 2.00 bits per heavy atom. The topological polar surface area (TPSA) is 46.5 Å². The van der Waals surface area contributed by atoms with Gasteiger partial charge in [0.15, 0.2) is 11.6 Å². The number of ether oxygens (including phenoxy) is 1. The van der Waals surface area contributed by atoms with Crippen molar-refractivity contribution in [1.82, 2.24) is 0 Å². The number of carboxylic acids is 1. The first-order chi connectivity index (χ1) is 8.56. The molecule has 0 bridgehead atoms. The van der Waals surface area contributed by atoms with Gasteiger partial charge in [-0.25, -0.2) is 9.18 Å². The van der Waals surface area contributed by atoms with Crippen molar-refractivity contribution < 1.29 is 19.0 Å². The van der Waals surface area contributed by atoms with E-state index in [0.717, 1.165) is 6.07 Å². The molecule has 1 N–H and O–H groups in total. The fraction of sp³-hybridized carbons (Fsp3) is 0. The maximum Gasteiger partial charge on any atom is 0.335 e. The summed E-state index contributed by atoms with van der Waals surface area (Å²) in [5.74, 6) is -1.61. The van der Waals surface area contributed by atoms with Crippen molar-refractivity contribution in [3.63, 3.8) is 0 Å². The third-order valence-corrected chi connectivity index (χ3v) is 2.44. The summed E-state index contributed by atoms with van der Waals surface area (Å²) in [6.45, 7) is 0. The van der Waals surface area contributed by atoms with Gasteiger partial charge in [0.2, 0.25) is 0 Å². The molecule has 2 rings (SSSR count). The molecule has 0 amide bonds. The van der Waals surface area contributed by atoms with Crippen molar-refractivity contribution in [2.45, 2.75) is 0 Å². The van der Waals surface area contributed by atoms with E-state index in [1.807, 2.05) is 0 Å². The molecule has 92 valence electrons. The predicted octanol–water partition coefficient (Wildman–Crippen LogP) is 3.97. The van der Waals surface area contributed by atoms with Gasteiger partial charge >= 0.3 is 5.97 Å². The monoisotopic (exact) mass is 266 g/mol. The van der Waals surface area contributed by atoms with E-state index in [1.165, 1.54) is 18.2 Å². The lowest BCUT2D eigenvalue weighted by Gasteiger charge is -2.07. The van der Waals surface area contributed by atoms with Gasteiger partial charge in [0.05, 0.1) is 5.56 Å². The molecule has 0 radical (unpaired) electrons. The minimum atomic E-state index is -1.19. The van der Waals surface area contributed by atoms with Crippen LogP contribution in [0.2, 0.25) is 5.02 Å². The summed E-state index contributed by atoms with van der Waals surface area (Å²) in [4.78, 5) is 10.6. The second-order valence-corrected chi connectivity index (χ2v) is 3.95. The zero-order chi connectivity index (χ0) is 13.1. The van der Waals surface area contributed by atoms with Gasteiger partial charge in [-0.2, -0.15) is 0 Å². The van der Waals surface area contributed by atoms with Crippen LogP contribution >= 0.6 is 11.6 Å². The van der Waals surface area contributed by atoms with Gasteiger partial charge in [0.25, 0.3) is 0 Å². The van der Waals surface area contributed by atoms with Crippen LogP contribution in [0.25, 0.3) is 0 Å². The Labute approximate surface area is 107 Å². The van der Waals surface area contributed by atoms with Crippen LogP contribution in [0.1, 0.15) is 10.4 Å². The highest BCUT2D eigenvalue weighted by molar-refractivity contribution is 6.30. The van der Waals surface area contributed by atoms with Crippen LogP contribution in [0.3, 0.4) is 0 Å². The first-order valence-electron chi connectivity index (χ1n) is 5.02. The molecule has 0 saturated carbocycles. The molecule has 0 heterocycles. The van der Waals surface area contributed by atoms with Crippen LogP contribution in [0, 0.1) is 5.82 Å². The van der Waals surface area contributed by atoms with Crippen LogP contribution in [0.5, 0.6) is 11.5 Å². The normalized spacial score (nSPS) is 10.1. The summed E-state index contributed by atoms with van der Waals surface area (Å²) in [6.07, 6.45) is 0. The van der Waals surface area contributed by atoms with E-state index in [4.69, 9.17) is 21.4 Å². The Hall–Kier alpha value is -2.07. The molecule has 5 heteroatoms. The fourth-order valence-electron chi connectivity index (χ4n) is 1.37. The average molecular weight is 267 g/mol. The van der Waals surface area contributed by atoms with Gasteiger partial charge in [0, 0.05) is 5.02 Å². The number of halogens is 2. The molecule has 0 saturated heterocycles. The highest BCUT2D eigenvalue weighted by Crippen LogP contribution is 2.26. The molecule has 0 aromatic heterocycles. The predicted molar refractivity (Wildman–Crippen MR) is 64.9 cm³/mol. The van der Waals surface area contributed by atoms with Crippen molar-refractivity contribution in [2.75, 3.05) is 0 Å². The van der Waals surface area contributed by atoms with Gasteiger partial charge in [-0.15, -0.1) is 0 Å². The van der Waals surface area contributed by atoms with Gasteiger partial charge in [-0.05, 0) is 36.4 Å². The molecule has 18 heavy (non-hydrogen) atoms. The molecule has 0 fully saturated rings. The summed E-state index contributed by atoms with van der Waals surface area (Å²) in [5.41, 5.74) is -0.133. The zero-order valence-electron chi connectivity index (χ0n) is 9.06. The Morgan fingerprint density at radius 1 is 1.22 bits per heavy atom. The number of benzene rings is 2. The number of hydrogen-bond donors (Lipinski definition) is 1. The van der Waals surface area contributed by atoms with Crippen molar-refractivity contribution >= 4 is 17.6 Å². The second kappa shape index (κ2) is 5.06. The summed E-state index contributed by atoms with van der Waals surface area (Å²) >= 11 is 5.77. The highest BCUT2D eigenvalue weighted by Gasteiger charge is 2.10. The first kappa shape index (κ1) is 12.4. The number of carbonyl (C=O) groups is 1. The minimum Gasteiger partial charge on any atom is -0.478 e. The summed E-state index contributed by atoms with van der Waals surface area (Å²) in [6, 6.07) is 9.93. The van der Waals surface area contributed by atoms with E-state index in [9.17, 15) is 9.18 Å². The van der Waals surface area contributed by atoms with E-state index < -0.39 is 11.8 Å². The number of rotatable bonds is 3. The third kappa shape index (κ3) is 2.78. The van der Waals surface area contributed by atoms with Crippen molar-refractivity contribution in [2.24, 2.45) is 0 Å². The molecule has 0 aliphatic heterocycles. The quantitative estimate of drug-likeness (QED) is 0.914. The van der Waals surface area contributed by atoms with E-state index in [0.29, 0.717) is 10.8 Å². The zero-order valence-corrected chi connectivity index (χ0v) is 9.82. The van der Waals surface area contributed by atoms with Crippen molar-refractivity contribution in [1.29, 1.82) is 0 Å². The number of hydrogen-bond acceptors (Lipinski definition) is 2. The Bertz CT molecular complexity index is 599. The van der Waals surface area contributed by atoms with Crippen molar-refractivity contribution in [3.05, 3.63) is 58.9 Å². The van der Waals surface area contributed by atoms with Gasteiger partial charge in [0.1, 0.15) is 5.75 Å². The molecular formula is C13H8ClFO3. The largest absolute Gasteiger partial charge is 0.478 e. The average Bonchev–Trinajstić information content (AvgIpc) is 2.31. The molecular weight excluding hydrogens is 259 g/mol. The molecule has 0 aliphatic carbocycles. The molecule has 0 spiro atoms. The molecule has 2 aromatic carbocycles. The molecule has 2 aromatic rings.